The number of carbonyl (C=O) groups excluding carboxylic acids is 1. The van der Waals surface area contributed by atoms with Crippen LogP contribution in [0.1, 0.15) is 23.6 Å². The van der Waals surface area contributed by atoms with Crippen LogP contribution in [0.3, 0.4) is 0 Å². The number of thiazole rings is 1. The predicted octanol–water partition coefficient (Wildman–Crippen LogP) is 2.75. The molecule has 0 unspecified atom stereocenters. The average Bonchev–Trinajstić information content (AvgIpc) is 2.91. The van der Waals surface area contributed by atoms with E-state index in [1.54, 1.807) is 23.5 Å². The number of hydrogen-bond donors (Lipinski definition) is 1. The summed E-state index contributed by atoms with van der Waals surface area (Å²) in [6.45, 7) is 0. The highest BCUT2D eigenvalue weighted by Crippen LogP contribution is 2.40. The Balaban J connectivity index is 1.36. The fourth-order valence-electron chi connectivity index (χ4n) is 2.74. The van der Waals surface area contributed by atoms with Crippen LogP contribution in [0.15, 0.2) is 42.0 Å². The van der Waals surface area contributed by atoms with Crippen molar-refractivity contribution in [2.24, 2.45) is 0 Å². The van der Waals surface area contributed by atoms with Gasteiger partial charge in [0, 0.05) is 29.7 Å². The number of nitrogens with one attached hydrogen (secondary N) is 1. The van der Waals surface area contributed by atoms with E-state index in [1.165, 1.54) is 6.07 Å². The zero-order valence-corrected chi connectivity index (χ0v) is 12.5. The second-order valence-corrected chi connectivity index (χ2v) is 6.45. The van der Waals surface area contributed by atoms with Crippen LogP contribution in [0.2, 0.25) is 0 Å². The summed E-state index contributed by atoms with van der Waals surface area (Å²) >= 11 is 1.55. The average molecular weight is 315 g/mol. The zero-order chi connectivity index (χ0) is 15.1. The van der Waals surface area contributed by atoms with E-state index in [0.717, 1.165) is 22.6 Å². The number of carbonyl (C=O) groups is 1. The lowest BCUT2D eigenvalue weighted by Gasteiger charge is -2.04. The summed E-state index contributed by atoms with van der Waals surface area (Å²) in [6.07, 6.45) is 4.95. The van der Waals surface area contributed by atoms with Gasteiger partial charge in [0.05, 0.1) is 12.1 Å². The van der Waals surface area contributed by atoms with Gasteiger partial charge in [-0.2, -0.15) is 0 Å². The van der Waals surface area contributed by atoms with Crippen LogP contribution in [-0.4, -0.2) is 21.3 Å². The molecule has 3 aromatic rings. The van der Waals surface area contributed by atoms with Crippen molar-refractivity contribution in [3.63, 3.8) is 0 Å². The maximum atomic E-state index is 13.2. The van der Waals surface area contributed by atoms with Crippen LogP contribution in [0.4, 0.5) is 4.39 Å². The molecule has 4 nitrogen and oxygen atoms in total. The van der Waals surface area contributed by atoms with Crippen LogP contribution < -0.4 is 5.32 Å². The van der Waals surface area contributed by atoms with Crippen molar-refractivity contribution in [1.29, 1.82) is 0 Å². The minimum Gasteiger partial charge on any atom is -0.352 e. The first-order valence-corrected chi connectivity index (χ1v) is 8.03. The monoisotopic (exact) mass is 315 g/mol. The maximum absolute atomic E-state index is 13.2. The maximum Gasteiger partial charge on any atom is 0.226 e. The molecule has 22 heavy (non-hydrogen) atoms. The fraction of sp³-hybridized carbons (Fsp3) is 0.250. The molecule has 1 amide bonds. The van der Waals surface area contributed by atoms with Gasteiger partial charge in [-0.1, -0.05) is 12.1 Å². The van der Waals surface area contributed by atoms with E-state index in [1.807, 2.05) is 28.2 Å². The van der Waals surface area contributed by atoms with Gasteiger partial charge in [-0.05, 0) is 24.1 Å². The Hall–Kier alpha value is -2.21. The lowest BCUT2D eigenvalue weighted by Crippen LogP contribution is -2.28. The van der Waals surface area contributed by atoms with Crippen molar-refractivity contribution in [3.05, 3.63) is 59.1 Å². The molecule has 0 spiro atoms. The van der Waals surface area contributed by atoms with Crippen LogP contribution in [-0.2, 0) is 11.2 Å². The molecular formula is C16H14FN3OS. The molecule has 0 aliphatic heterocycles. The molecule has 1 N–H and O–H groups in total. The molecule has 1 aliphatic carbocycles. The van der Waals surface area contributed by atoms with Gasteiger partial charge >= 0.3 is 0 Å². The first-order chi connectivity index (χ1) is 10.7. The van der Waals surface area contributed by atoms with E-state index in [4.69, 9.17) is 0 Å². The van der Waals surface area contributed by atoms with Gasteiger partial charge < -0.3 is 5.32 Å². The smallest absolute Gasteiger partial charge is 0.226 e. The van der Waals surface area contributed by atoms with Crippen molar-refractivity contribution in [2.75, 3.05) is 0 Å². The molecular weight excluding hydrogens is 301 g/mol. The van der Waals surface area contributed by atoms with Gasteiger partial charge in [0.15, 0.2) is 4.96 Å². The number of halogens is 1. The fourth-order valence-corrected chi connectivity index (χ4v) is 3.46. The molecule has 1 aliphatic rings. The molecule has 2 heterocycles. The highest BCUT2D eigenvalue weighted by Gasteiger charge is 2.39. The third-order valence-corrected chi connectivity index (χ3v) is 4.67. The predicted molar refractivity (Wildman–Crippen MR) is 82.5 cm³/mol. The van der Waals surface area contributed by atoms with E-state index >= 15 is 0 Å². The Labute approximate surface area is 130 Å². The molecule has 1 aromatic carbocycles. The van der Waals surface area contributed by atoms with E-state index < -0.39 is 0 Å². The molecule has 4 rings (SSSR count). The van der Waals surface area contributed by atoms with Crippen LogP contribution in [0.5, 0.6) is 0 Å². The van der Waals surface area contributed by atoms with Gasteiger partial charge in [-0.3, -0.25) is 9.20 Å². The van der Waals surface area contributed by atoms with E-state index in [9.17, 15) is 9.18 Å². The summed E-state index contributed by atoms with van der Waals surface area (Å²) in [5, 5.41) is 4.96. The Kier molecular flexibility index (Phi) is 3.18. The number of benzene rings is 1. The summed E-state index contributed by atoms with van der Waals surface area (Å²) < 4.78 is 15.1. The summed E-state index contributed by atoms with van der Waals surface area (Å²) in [4.78, 5) is 17.4. The summed E-state index contributed by atoms with van der Waals surface area (Å²) in [7, 11) is 0. The first kappa shape index (κ1) is 13.5. The number of imidazole rings is 1. The SMILES string of the molecule is O=C(Cc1cn2ccsc2n1)N[C@H]1C[C@H]1c1cccc(F)c1. The topological polar surface area (TPSA) is 46.4 Å². The van der Waals surface area contributed by atoms with Gasteiger partial charge in [0.2, 0.25) is 5.91 Å². The Morgan fingerprint density at radius 1 is 1.50 bits per heavy atom. The molecule has 2 aromatic heterocycles. The highest BCUT2D eigenvalue weighted by molar-refractivity contribution is 7.15. The molecule has 0 radical (unpaired) electrons. The lowest BCUT2D eigenvalue weighted by molar-refractivity contribution is -0.120. The van der Waals surface area contributed by atoms with Crippen molar-refractivity contribution in [2.45, 2.75) is 24.8 Å². The van der Waals surface area contributed by atoms with Gasteiger partial charge in [0.1, 0.15) is 5.82 Å². The lowest BCUT2D eigenvalue weighted by atomic mass is 10.1. The molecule has 112 valence electrons. The number of nitrogens with zero attached hydrogens (tertiary/aromatic N) is 2. The molecule has 6 heteroatoms. The molecule has 1 fully saturated rings. The first-order valence-electron chi connectivity index (χ1n) is 7.15. The van der Waals surface area contributed by atoms with Crippen molar-refractivity contribution < 1.29 is 9.18 Å². The second-order valence-electron chi connectivity index (χ2n) is 5.57. The standard InChI is InChI=1S/C16H14FN3OS/c17-11-3-1-2-10(6-11)13-8-14(13)19-15(21)7-12-9-20-4-5-22-16(20)18-12/h1-6,9,13-14H,7-8H2,(H,19,21)/t13-,14-/m0/s1. The summed E-state index contributed by atoms with van der Waals surface area (Å²) in [5.74, 6) is -0.0349. The number of aromatic nitrogens is 2. The number of amides is 1. The number of hydrogen-bond acceptors (Lipinski definition) is 3. The van der Waals surface area contributed by atoms with Crippen molar-refractivity contribution in [1.82, 2.24) is 14.7 Å². The van der Waals surface area contributed by atoms with E-state index in [0.29, 0.717) is 0 Å². The molecule has 2 atom stereocenters. The van der Waals surface area contributed by atoms with Crippen LogP contribution >= 0.6 is 11.3 Å². The third-order valence-electron chi connectivity index (χ3n) is 3.90. The summed E-state index contributed by atoms with van der Waals surface area (Å²) in [6, 6.07) is 6.70. The third kappa shape index (κ3) is 2.62. The molecule has 0 bridgehead atoms. The number of fused-ring (bicyclic) bond motifs is 1. The Morgan fingerprint density at radius 3 is 3.23 bits per heavy atom. The Morgan fingerprint density at radius 2 is 2.41 bits per heavy atom. The normalized spacial score (nSPS) is 20.2. The largest absolute Gasteiger partial charge is 0.352 e. The number of rotatable bonds is 4. The quantitative estimate of drug-likeness (QED) is 0.805. The van der Waals surface area contributed by atoms with Gasteiger partial charge in [-0.15, -0.1) is 11.3 Å². The minimum atomic E-state index is -0.229. The van der Waals surface area contributed by atoms with Gasteiger partial charge in [-0.25, -0.2) is 9.37 Å². The second kappa shape index (κ2) is 5.21. The van der Waals surface area contributed by atoms with Gasteiger partial charge in [0.25, 0.3) is 0 Å². The van der Waals surface area contributed by atoms with E-state index in [-0.39, 0.29) is 30.1 Å². The molecule has 1 saturated carbocycles. The van der Waals surface area contributed by atoms with Crippen LogP contribution in [0, 0.1) is 5.82 Å². The van der Waals surface area contributed by atoms with Crippen molar-refractivity contribution in [3.8, 4) is 0 Å². The van der Waals surface area contributed by atoms with Crippen molar-refractivity contribution >= 4 is 22.2 Å². The minimum absolute atomic E-state index is 0.0327. The highest BCUT2D eigenvalue weighted by atomic mass is 32.1. The van der Waals surface area contributed by atoms with E-state index in [2.05, 4.69) is 10.3 Å². The summed E-state index contributed by atoms with van der Waals surface area (Å²) in [5.41, 5.74) is 1.72. The Bertz CT molecular complexity index is 812. The zero-order valence-electron chi connectivity index (χ0n) is 11.7. The molecule has 0 saturated heterocycles. The van der Waals surface area contributed by atoms with Crippen LogP contribution in [0.25, 0.3) is 4.96 Å².